The zero-order valence-corrected chi connectivity index (χ0v) is 50.3. The zero-order valence-electron chi connectivity index (χ0n) is 49.6. The summed E-state index contributed by atoms with van der Waals surface area (Å²) in [5, 5.41) is 15.0. The maximum atomic E-state index is 14.4. The minimum Gasteiger partial charge on any atom is -0.370 e. The number of nitrogens with one attached hydrogen (secondary N) is 3. The molecule has 12 nitrogen and oxygen atoms in total. The molecule has 0 aromatic heterocycles. The van der Waals surface area contributed by atoms with Crippen molar-refractivity contribution >= 4 is 50.9 Å². The molecule has 3 amide bonds. The van der Waals surface area contributed by atoms with E-state index in [0.29, 0.717) is 60.9 Å². The van der Waals surface area contributed by atoms with Crippen LogP contribution < -0.4 is 33.2 Å². The van der Waals surface area contributed by atoms with Gasteiger partial charge < -0.3 is 47.4 Å². The van der Waals surface area contributed by atoms with Crippen molar-refractivity contribution in [2.75, 3.05) is 13.7 Å². The predicted octanol–water partition coefficient (Wildman–Crippen LogP) is 12.9. The van der Waals surface area contributed by atoms with Crippen LogP contribution in [0.5, 0.6) is 0 Å². The number of halogens is 1. The Hall–Kier alpha value is -4.92. The van der Waals surface area contributed by atoms with E-state index in [9.17, 15) is 14.4 Å². The van der Waals surface area contributed by atoms with E-state index in [1.807, 2.05) is 69.3 Å². The molecule has 0 bridgehead atoms. The first kappa shape index (κ1) is 63.1. The lowest BCUT2D eigenvalue weighted by Crippen LogP contribution is -2.51. The molecule has 6 unspecified atom stereocenters. The van der Waals surface area contributed by atoms with E-state index in [0.717, 1.165) is 109 Å². The van der Waals surface area contributed by atoms with Crippen molar-refractivity contribution in [3.63, 3.8) is 0 Å². The van der Waals surface area contributed by atoms with Crippen LogP contribution in [0.2, 0.25) is 5.02 Å². The fourth-order valence-electron chi connectivity index (χ4n) is 13.8. The summed E-state index contributed by atoms with van der Waals surface area (Å²) < 4.78 is 19.3. The molecule has 0 aliphatic heterocycles. The molecule has 9 N–H and O–H groups in total. The average molecular weight is 1140 g/mol. The summed E-state index contributed by atoms with van der Waals surface area (Å²) in [6.45, 7) is 6.39. The van der Waals surface area contributed by atoms with Gasteiger partial charge in [0.15, 0.2) is 18.3 Å². The highest BCUT2D eigenvalue weighted by atomic mass is 35.5. The maximum absolute atomic E-state index is 14.4. The van der Waals surface area contributed by atoms with Gasteiger partial charge in [-0.25, -0.2) is 0 Å². The van der Waals surface area contributed by atoms with Crippen molar-refractivity contribution in [1.82, 2.24) is 16.0 Å². The van der Waals surface area contributed by atoms with Crippen LogP contribution in [-0.2, 0) is 35.0 Å². The topological polar surface area (TPSA) is 193 Å². The number of hydrogen-bond donors (Lipinski definition) is 6. The van der Waals surface area contributed by atoms with E-state index in [1.54, 1.807) is 7.11 Å². The first-order chi connectivity index (χ1) is 39.7. The van der Waals surface area contributed by atoms with Gasteiger partial charge >= 0.3 is 0 Å². The Morgan fingerprint density at radius 1 is 0.537 bits per heavy atom. The fourth-order valence-corrected chi connectivity index (χ4v) is 14.0. The SMILES string of the molecule is COC(C(=O)N[C@@H](CC1CCC(C[C@@H](N)C(OC(C)CCC(C)OC(C(=O)NC(C)c2cccc3ccccc23)[C@H](N)CC2CCCCC2)C(=O)NCCc2ccccc2Cl)CC1)c1ccc2ccccc2c1)[C@H](N)CC1CCCCC1. The molecule has 0 spiro atoms. The first-order valence-corrected chi connectivity index (χ1v) is 31.8. The van der Waals surface area contributed by atoms with Crippen molar-refractivity contribution in [3.05, 3.63) is 131 Å². The van der Waals surface area contributed by atoms with Crippen LogP contribution in [0, 0.1) is 23.7 Å². The number of carbonyl (C=O) groups excluding carboxylic acids is 3. The van der Waals surface area contributed by atoms with Gasteiger partial charge in [0, 0.05) is 36.8 Å². The summed E-state index contributed by atoms with van der Waals surface area (Å²) >= 11 is 6.51. The van der Waals surface area contributed by atoms with E-state index in [1.165, 1.54) is 38.5 Å². The number of rotatable bonds is 29. The van der Waals surface area contributed by atoms with Crippen LogP contribution in [0.15, 0.2) is 109 Å². The molecule has 13 heteroatoms. The molecule has 8 rings (SSSR count). The molecule has 3 fully saturated rings. The molecule has 3 aliphatic rings. The second-order valence-corrected chi connectivity index (χ2v) is 25.3. The Kier molecular flexibility index (Phi) is 24.5. The second-order valence-electron chi connectivity index (χ2n) is 24.9. The number of hydrogen-bond acceptors (Lipinski definition) is 9. The molecule has 446 valence electrons. The summed E-state index contributed by atoms with van der Waals surface area (Å²) in [7, 11) is 1.60. The molecular weight excluding hydrogens is 1040 g/mol. The van der Waals surface area contributed by atoms with Crippen molar-refractivity contribution in [3.8, 4) is 0 Å². The minimum atomic E-state index is -0.890. The zero-order chi connectivity index (χ0) is 58.0. The third-order valence-electron chi connectivity index (χ3n) is 18.5. The molecule has 10 atom stereocenters. The second kappa shape index (κ2) is 31.8. The summed E-state index contributed by atoms with van der Waals surface area (Å²) in [6.07, 6.45) is 17.3. The van der Waals surface area contributed by atoms with Crippen LogP contribution in [-0.4, -0.2) is 80.0 Å². The fraction of sp³-hybridized carbons (Fsp3) is 0.580. The van der Waals surface area contributed by atoms with Gasteiger partial charge in [0.2, 0.25) is 0 Å². The predicted molar refractivity (Wildman–Crippen MR) is 333 cm³/mol. The van der Waals surface area contributed by atoms with Gasteiger partial charge in [0.05, 0.1) is 24.3 Å². The Bertz CT molecular complexity index is 2770. The van der Waals surface area contributed by atoms with Gasteiger partial charge in [-0.2, -0.15) is 0 Å². The summed E-state index contributed by atoms with van der Waals surface area (Å²) in [5.74, 6) is 1.07. The van der Waals surface area contributed by atoms with Gasteiger partial charge in [-0.05, 0) is 140 Å². The lowest BCUT2D eigenvalue weighted by Gasteiger charge is -2.35. The minimum absolute atomic E-state index is 0.153. The number of benzene rings is 5. The molecule has 0 saturated heterocycles. The lowest BCUT2D eigenvalue weighted by molar-refractivity contribution is -0.142. The van der Waals surface area contributed by atoms with Crippen molar-refractivity contribution < 1.29 is 28.6 Å². The molecule has 0 radical (unpaired) electrons. The largest absolute Gasteiger partial charge is 0.370 e. The van der Waals surface area contributed by atoms with E-state index in [2.05, 4.69) is 76.6 Å². The van der Waals surface area contributed by atoms with E-state index in [4.69, 9.17) is 43.0 Å². The number of amides is 3. The molecule has 5 aromatic rings. The molecule has 5 aromatic carbocycles. The standard InChI is InChI=1S/C69H97ClN6O6/c1-45(30-31-46(2)82-66(62(73)41-49-20-9-6-10-21-49)69(79)75-47(3)57-28-17-26-53-23-13-15-27-58(53)57)81-65(67(77)74-39-38-54-24-14-16-29-59(54)70)61(72)42-50-32-34-51(35-33-50)43-63(56-37-36-52-22-11-12-25-55(52)44-56)76-68(78)64(80-4)60(71)40-48-18-7-5-8-19-48/h11-17,22-29,36-37,44-51,60-66H,5-10,18-21,30-35,38-43,71-73H2,1-4H3,(H,74,77)(H,75,79)(H,76,78)/t45?,46?,47?,50?,51?,60-,61-,62-,63+,64?,65?,66?/m1/s1. The Labute approximate surface area is 494 Å². The van der Waals surface area contributed by atoms with Crippen molar-refractivity contribution in [2.45, 2.75) is 216 Å². The smallest absolute Gasteiger partial charge is 0.251 e. The average Bonchev–Trinajstić information content (AvgIpc) is 3.65. The molecule has 3 aliphatic carbocycles. The highest BCUT2D eigenvalue weighted by molar-refractivity contribution is 6.31. The van der Waals surface area contributed by atoms with Gasteiger partial charge in [0.1, 0.15) is 0 Å². The highest BCUT2D eigenvalue weighted by Gasteiger charge is 2.36. The normalized spacial score (nSPS) is 21.1. The van der Waals surface area contributed by atoms with E-state index >= 15 is 0 Å². The number of methoxy groups -OCH3 is 1. The van der Waals surface area contributed by atoms with Crippen LogP contribution in [0.1, 0.15) is 178 Å². The van der Waals surface area contributed by atoms with E-state index in [-0.39, 0.29) is 48.1 Å². The number of ether oxygens (including phenoxy) is 3. The summed E-state index contributed by atoms with van der Waals surface area (Å²) in [4.78, 5) is 42.8. The van der Waals surface area contributed by atoms with Gasteiger partial charge in [0.25, 0.3) is 17.7 Å². The Balaban J connectivity index is 0.895. The third kappa shape index (κ3) is 18.3. The Morgan fingerprint density at radius 2 is 1.04 bits per heavy atom. The van der Waals surface area contributed by atoms with Crippen LogP contribution in [0.3, 0.4) is 0 Å². The lowest BCUT2D eigenvalue weighted by atomic mass is 9.76. The van der Waals surface area contributed by atoms with E-state index < -0.39 is 30.4 Å². The number of fused-ring (bicyclic) bond motifs is 2. The molecule has 3 saturated carbocycles. The molecule has 82 heavy (non-hydrogen) atoms. The first-order valence-electron chi connectivity index (χ1n) is 31.4. The van der Waals surface area contributed by atoms with Gasteiger partial charge in [-0.15, -0.1) is 0 Å². The Morgan fingerprint density at radius 3 is 1.65 bits per heavy atom. The third-order valence-corrected chi connectivity index (χ3v) is 18.9. The van der Waals surface area contributed by atoms with Gasteiger partial charge in [-0.1, -0.05) is 199 Å². The molecular formula is C69H97ClN6O6. The quantitative estimate of drug-likeness (QED) is 0.0270. The van der Waals surface area contributed by atoms with Crippen LogP contribution >= 0.6 is 11.6 Å². The number of carbonyl (C=O) groups is 3. The van der Waals surface area contributed by atoms with Crippen molar-refractivity contribution in [2.24, 2.45) is 40.9 Å². The van der Waals surface area contributed by atoms with Gasteiger partial charge in [-0.3, -0.25) is 14.4 Å². The van der Waals surface area contributed by atoms with Crippen LogP contribution in [0.25, 0.3) is 21.5 Å². The highest BCUT2D eigenvalue weighted by Crippen LogP contribution is 2.38. The monoisotopic (exact) mass is 1140 g/mol. The number of nitrogens with two attached hydrogens (primary N) is 3. The molecule has 0 heterocycles. The maximum Gasteiger partial charge on any atom is 0.251 e. The van der Waals surface area contributed by atoms with Crippen molar-refractivity contribution in [1.29, 1.82) is 0 Å². The summed E-state index contributed by atoms with van der Waals surface area (Å²) in [5.41, 5.74) is 24.0. The van der Waals surface area contributed by atoms with Crippen LogP contribution in [0.4, 0.5) is 0 Å². The summed E-state index contributed by atoms with van der Waals surface area (Å²) in [6, 6.07) is 35.1.